The number of anilines is 1. The number of nitriles is 1. The lowest BCUT2D eigenvalue weighted by Crippen LogP contribution is -2.53. The third kappa shape index (κ3) is 4.13. The van der Waals surface area contributed by atoms with Gasteiger partial charge in [0, 0.05) is 56.9 Å². The molecule has 1 aromatic rings. The fourth-order valence-corrected chi connectivity index (χ4v) is 4.51. The normalized spacial score (nSPS) is 24.2. The molecule has 1 aromatic carbocycles. The second kappa shape index (κ2) is 8.11. The summed E-state index contributed by atoms with van der Waals surface area (Å²) in [6.45, 7) is 5.09. The molecule has 2 saturated heterocycles. The molecule has 0 spiro atoms. The number of methoxy groups -OCH3 is 1. The largest absolute Gasteiger partial charge is 0.417 e. The van der Waals surface area contributed by atoms with Crippen molar-refractivity contribution in [1.29, 1.82) is 5.26 Å². The first-order valence-corrected chi connectivity index (χ1v) is 9.62. The van der Waals surface area contributed by atoms with Crippen molar-refractivity contribution in [2.75, 3.05) is 51.3 Å². The van der Waals surface area contributed by atoms with Gasteiger partial charge in [0.2, 0.25) is 0 Å². The second-order valence-corrected chi connectivity index (χ2v) is 7.74. The minimum absolute atomic E-state index is 0.0868. The van der Waals surface area contributed by atoms with Crippen LogP contribution in [0.25, 0.3) is 0 Å². The molecule has 1 N–H and O–H groups in total. The van der Waals surface area contributed by atoms with Gasteiger partial charge in [-0.25, -0.2) is 4.79 Å². The van der Waals surface area contributed by atoms with Crippen LogP contribution in [-0.4, -0.2) is 57.4 Å². The van der Waals surface area contributed by atoms with Crippen molar-refractivity contribution >= 4 is 11.7 Å². The molecule has 0 aliphatic carbocycles. The lowest BCUT2D eigenvalue weighted by atomic mass is 9.73. The minimum atomic E-state index is -4.59. The highest BCUT2D eigenvalue weighted by molar-refractivity contribution is 5.74. The third-order valence-electron chi connectivity index (χ3n) is 5.97. The fourth-order valence-electron chi connectivity index (χ4n) is 4.51. The van der Waals surface area contributed by atoms with Gasteiger partial charge < -0.3 is 19.9 Å². The molecule has 2 unspecified atom stereocenters. The van der Waals surface area contributed by atoms with Crippen molar-refractivity contribution in [3.63, 3.8) is 0 Å². The summed E-state index contributed by atoms with van der Waals surface area (Å²) in [4.78, 5) is 15.9. The minimum Gasteiger partial charge on any atom is -0.384 e. The van der Waals surface area contributed by atoms with Crippen molar-refractivity contribution < 1.29 is 22.7 Å². The molecule has 29 heavy (non-hydrogen) atoms. The third-order valence-corrected chi connectivity index (χ3v) is 5.97. The van der Waals surface area contributed by atoms with Crippen LogP contribution in [0.1, 0.15) is 24.5 Å². The van der Waals surface area contributed by atoms with Crippen molar-refractivity contribution in [3.8, 4) is 6.07 Å². The van der Waals surface area contributed by atoms with E-state index in [1.807, 2.05) is 11.8 Å². The molecule has 2 aliphatic heterocycles. The van der Waals surface area contributed by atoms with E-state index in [1.165, 1.54) is 6.07 Å². The summed E-state index contributed by atoms with van der Waals surface area (Å²) in [5.74, 6) is 0.0868. The molecule has 0 radical (unpaired) electrons. The Hall–Kier alpha value is -2.47. The molecule has 6 nitrogen and oxygen atoms in total. The van der Waals surface area contributed by atoms with Gasteiger partial charge >= 0.3 is 12.2 Å². The number of carbonyl (C=O) groups excluding carboxylic acids is 1. The Bertz CT molecular complexity index is 808. The van der Waals surface area contributed by atoms with Crippen LogP contribution in [0, 0.1) is 22.7 Å². The number of urea groups is 1. The topological polar surface area (TPSA) is 68.6 Å². The summed E-state index contributed by atoms with van der Waals surface area (Å²) < 4.78 is 45.6. The molecule has 2 atom stereocenters. The van der Waals surface area contributed by atoms with E-state index in [-0.39, 0.29) is 22.9 Å². The molecule has 158 valence electrons. The zero-order valence-corrected chi connectivity index (χ0v) is 16.6. The standard InChI is InChI=1S/C20H25F3N4O2/c1-3-25-18(28)26-7-6-19(13-29-2)12-27(11-15(19)10-26)16-5-4-14(9-24)17(8-16)20(21,22)23/h4-5,8,15H,3,6-7,10-13H2,1-2H3,(H,25,28). The molecule has 2 fully saturated rings. The molecule has 2 aliphatic rings. The summed E-state index contributed by atoms with van der Waals surface area (Å²) in [6, 6.07) is 5.34. The molecular weight excluding hydrogens is 385 g/mol. The van der Waals surface area contributed by atoms with Crippen LogP contribution < -0.4 is 10.2 Å². The number of hydrogen-bond acceptors (Lipinski definition) is 4. The molecule has 0 bridgehead atoms. The van der Waals surface area contributed by atoms with Gasteiger partial charge in [-0.2, -0.15) is 18.4 Å². The van der Waals surface area contributed by atoms with Crippen LogP contribution in [0.3, 0.4) is 0 Å². The predicted octanol–water partition coefficient (Wildman–Crippen LogP) is 3.08. The zero-order valence-electron chi connectivity index (χ0n) is 16.6. The number of alkyl halides is 3. The van der Waals surface area contributed by atoms with Gasteiger partial charge in [0.25, 0.3) is 0 Å². The molecular formula is C20H25F3N4O2. The first-order valence-electron chi connectivity index (χ1n) is 9.62. The average molecular weight is 410 g/mol. The first-order chi connectivity index (χ1) is 13.7. The van der Waals surface area contributed by atoms with E-state index < -0.39 is 11.7 Å². The fraction of sp³-hybridized carbons (Fsp3) is 0.600. The summed E-state index contributed by atoms with van der Waals surface area (Å²) in [7, 11) is 1.62. The number of nitrogens with one attached hydrogen (secondary N) is 1. The van der Waals surface area contributed by atoms with Crippen LogP contribution in [0.2, 0.25) is 0 Å². The summed E-state index contributed by atoms with van der Waals surface area (Å²) >= 11 is 0. The van der Waals surface area contributed by atoms with Crippen molar-refractivity contribution in [2.45, 2.75) is 19.5 Å². The lowest BCUT2D eigenvalue weighted by molar-refractivity contribution is -0.137. The molecule has 0 aromatic heterocycles. The summed E-state index contributed by atoms with van der Waals surface area (Å²) in [5, 5.41) is 11.8. The van der Waals surface area contributed by atoms with E-state index in [0.717, 1.165) is 12.5 Å². The van der Waals surface area contributed by atoms with Gasteiger partial charge in [0.1, 0.15) is 0 Å². The van der Waals surface area contributed by atoms with Crippen LogP contribution in [0.15, 0.2) is 18.2 Å². The average Bonchev–Trinajstić information content (AvgIpc) is 3.05. The van der Waals surface area contributed by atoms with E-state index in [0.29, 0.717) is 45.0 Å². The Morgan fingerprint density at radius 2 is 2.17 bits per heavy atom. The number of benzene rings is 1. The van der Waals surface area contributed by atoms with Gasteiger partial charge in [-0.3, -0.25) is 0 Å². The van der Waals surface area contributed by atoms with Gasteiger partial charge in [0.05, 0.1) is 23.8 Å². The Morgan fingerprint density at radius 3 is 2.79 bits per heavy atom. The second-order valence-electron chi connectivity index (χ2n) is 7.74. The number of nitrogens with zero attached hydrogens (tertiary/aromatic N) is 3. The number of halogens is 3. The van der Waals surface area contributed by atoms with Crippen molar-refractivity contribution in [2.24, 2.45) is 11.3 Å². The van der Waals surface area contributed by atoms with Crippen LogP contribution in [0.5, 0.6) is 0 Å². The van der Waals surface area contributed by atoms with Crippen LogP contribution in [-0.2, 0) is 10.9 Å². The lowest BCUT2D eigenvalue weighted by Gasteiger charge is -2.42. The van der Waals surface area contributed by atoms with Gasteiger partial charge in [-0.05, 0) is 31.5 Å². The number of ether oxygens (including phenoxy) is 1. The van der Waals surface area contributed by atoms with E-state index in [4.69, 9.17) is 10.00 Å². The Kier molecular flexibility index (Phi) is 5.94. The van der Waals surface area contributed by atoms with Gasteiger partial charge in [0.15, 0.2) is 0 Å². The molecule has 2 heterocycles. The number of piperidine rings is 1. The van der Waals surface area contributed by atoms with Gasteiger partial charge in [-0.1, -0.05) is 0 Å². The highest BCUT2D eigenvalue weighted by Crippen LogP contribution is 2.45. The highest BCUT2D eigenvalue weighted by Gasteiger charge is 2.50. The quantitative estimate of drug-likeness (QED) is 0.828. The van der Waals surface area contributed by atoms with E-state index in [9.17, 15) is 18.0 Å². The number of carbonyl (C=O) groups is 1. The Balaban J connectivity index is 1.87. The highest BCUT2D eigenvalue weighted by atomic mass is 19.4. The molecule has 9 heteroatoms. The molecule has 2 amide bonds. The number of hydrogen-bond donors (Lipinski definition) is 1. The number of rotatable bonds is 4. The maximum Gasteiger partial charge on any atom is 0.417 e. The van der Waals surface area contributed by atoms with Crippen molar-refractivity contribution in [1.82, 2.24) is 10.2 Å². The van der Waals surface area contributed by atoms with Crippen LogP contribution in [0.4, 0.5) is 23.7 Å². The monoisotopic (exact) mass is 410 g/mol. The number of fused-ring (bicyclic) bond motifs is 1. The maximum atomic E-state index is 13.4. The number of likely N-dealkylation sites (tertiary alicyclic amines) is 1. The smallest absolute Gasteiger partial charge is 0.384 e. The SMILES string of the molecule is CCNC(=O)N1CCC2(COC)CN(c3ccc(C#N)c(C(F)(F)F)c3)CC2C1. The summed E-state index contributed by atoms with van der Waals surface area (Å²) in [6.07, 6.45) is -3.87. The molecule has 3 rings (SSSR count). The Morgan fingerprint density at radius 1 is 1.41 bits per heavy atom. The zero-order chi connectivity index (χ0) is 21.2. The Labute approximate surface area is 168 Å². The van der Waals surface area contributed by atoms with E-state index in [1.54, 1.807) is 24.1 Å². The maximum absolute atomic E-state index is 13.4. The van der Waals surface area contributed by atoms with Crippen LogP contribution >= 0.6 is 0 Å². The summed E-state index contributed by atoms with van der Waals surface area (Å²) in [5.41, 5.74) is -1.08. The van der Waals surface area contributed by atoms with Crippen molar-refractivity contribution in [3.05, 3.63) is 29.3 Å². The predicted molar refractivity (Wildman–Crippen MR) is 101 cm³/mol. The van der Waals surface area contributed by atoms with E-state index >= 15 is 0 Å². The number of amides is 2. The molecule has 0 saturated carbocycles. The first kappa shape index (κ1) is 21.2. The van der Waals surface area contributed by atoms with Gasteiger partial charge in [-0.15, -0.1) is 0 Å². The van der Waals surface area contributed by atoms with E-state index in [2.05, 4.69) is 5.32 Å².